The Hall–Kier alpha value is -2.27. The van der Waals surface area contributed by atoms with Crippen LogP contribution < -0.4 is 10.2 Å². The zero-order chi connectivity index (χ0) is 18.3. The number of carbonyl (C=O) groups excluding carboxylic acids is 1. The lowest BCUT2D eigenvalue weighted by atomic mass is 10.1. The summed E-state index contributed by atoms with van der Waals surface area (Å²) < 4.78 is 0. The van der Waals surface area contributed by atoms with E-state index < -0.39 is 6.17 Å². The third-order valence-electron chi connectivity index (χ3n) is 4.14. The molecule has 1 atom stereocenters. The number of halogens is 3. The molecule has 3 aromatic rings. The van der Waals surface area contributed by atoms with E-state index in [-0.39, 0.29) is 5.91 Å². The Morgan fingerprint density at radius 2 is 1.73 bits per heavy atom. The molecule has 26 heavy (non-hydrogen) atoms. The average Bonchev–Trinajstić information content (AvgIpc) is 2.91. The minimum atomic E-state index is -0.453. The van der Waals surface area contributed by atoms with Crippen LogP contribution >= 0.6 is 34.8 Å². The van der Waals surface area contributed by atoms with Gasteiger partial charge in [-0.3, -0.25) is 9.69 Å². The summed E-state index contributed by atoms with van der Waals surface area (Å²) in [6, 6.07) is 16.0. The Bertz CT molecular complexity index is 992. The molecule has 0 bridgehead atoms. The van der Waals surface area contributed by atoms with Gasteiger partial charge in [0, 0.05) is 22.3 Å². The topological polar surface area (TPSA) is 45.2 Å². The molecule has 0 saturated carbocycles. The van der Waals surface area contributed by atoms with E-state index in [0.717, 1.165) is 5.56 Å². The molecule has 1 amide bonds. The predicted molar refractivity (Wildman–Crippen MR) is 105 cm³/mol. The van der Waals surface area contributed by atoms with Crippen LogP contribution in [0.4, 0.5) is 11.5 Å². The van der Waals surface area contributed by atoms with Gasteiger partial charge in [0.1, 0.15) is 12.0 Å². The van der Waals surface area contributed by atoms with Crippen molar-refractivity contribution in [3.05, 3.63) is 87.0 Å². The Balaban J connectivity index is 1.79. The van der Waals surface area contributed by atoms with E-state index in [2.05, 4.69) is 10.3 Å². The number of nitrogens with one attached hydrogen (secondary N) is 1. The summed E-state index contributed by atoms with van der Waals surface area (Å²) in [6.07, 6.45) is 1.06. The van der Waals surface area contributed by atoms with Gasteiger partial charge in [-0.15, -0.1) is 0 Å². The molecule has 0 aliphatic carbocycles. The highest BCUT2D eigenvalue weighted by atomic mass is 35.5. The third-order valence-corrected chi connectivity index (χ3v) is 4.92. The van der Waals surface area contributed by atoms with Gasteiger partial charge in [-0.2, -0.15) is 0 Å². The highest BCUT2D eigenvalue weighted by Crippen LogP contribution is 2.39. The quantitative estimate of drug-likeness (QED) is 0.599. The van der Waals surface area contributed by atoms with E-state index in [9.17, 15) is 4.79 Å². The first-order valence-electron chi connectivity index (χ1n) is 7.80. The largest absolute Gasteiger partial charge is 0.360 e. The van der Waals surface area contributed by atoms with Gasteiger partial charge in [-0.25, -0.2) is 4.98 Å². The van der Waals surface area contributed by atoms with E-state index >= 15 is 0 Å². The van der Waals surface area contributed by atoms with Gasteiger partial charge >= 0.3 is 0 Å². The monoisotopic (exact) mass is 403 g/mol. The van der Waals surface area contributed by atoms with Gasteiger partial charge in [-0.05, 0) is 36.4 Å². The summed E-state index contributed by atoms with van der Waals surface area (Å²) in [7, 11) is 0. The number of hydrogen-bond acceptors (Lipinski definition) is 3. The minimum Gasteiger partial charge on any atom is -0.360 e. The number of hydrogen-bond donors (Lipinski definition) is 1. The van der Waals surface area contributed by atoms with Crippen molar-refractivity contribution in [1.82, 2.24) is 4.98 Å². The summed E-state index contributed by atoms with van der Waals surface area (Å²) >= 11 is 18.2. The number of anilines is 2. The molecule has 0 radical (unpaired) electrons. The first kappa shape index (κ1) is 17.2. The molecule has 1 aliphatic heterocycles. The van der Waals surface area contributed by atoms with Crippen molar-refractivity contribution in [2.45, 2.75) is 6.17 Å². The highest BCUT2D eigenvalue weighted by molar-refractivity contribution is 6.36. The molecule has 4 rings (SSSR count). The number of benzene rings is 2. The zero-order valence-corrected chi connectivity index (χ0v) is 15.6. The maximum atomic E-state index is 13.0. The lowest BCUT2D eigenvalue weighted by Gasteiger charge is -2.26. The maximum Gasteiger partial charge on any atom is 0.261 e. The second-order valence-corrected chi connectivity index (χ2v) is 7.05. The summed E-state index contributed by atoms with van der Waals surface area (Å²) in [4.78, 5) is 18.9. The van der Waals surface area contributed by atoms with Crippen LogP contribution in [-0.4, -0.2) is 10.9 Å². The average molecular weight is 405 g/mol. The molecular weight excluding hydrogens is 393 g/mol. The first-order valence-corrected chi connectivity index (χ1v) is 8.93. The second-order valence-electron chi connectivity index (χ2n) is 5.77. The van der Waals surface area contributed by atoms with Crippen molar-refractivity contribution in [1.29, 1.82) is 0 Å². The standard InChI is InChI=1S/C19H12Cl3N3O/c20-11-5-7-16(15(22)9-11)24-18-13-3-1-2-4-14(13)19(26)25(18)17-8-6-12(21)10-23-17/h1-10,18,24H/t18-/m1/s1. The van der Waals surface area contributed by atoms with Gasteiger partial charge in [0.25, 0.3) is 5.91 Å². The fourth-order valence-corrected chi connectivity index (χ4v) is 3.53. The Kier molecular flexibility index (Phi) is 4.49. The van der Waals surface area contributed by atoms with Crippen LogP contribution in [0.15, 0.2) is 60.8 Å². The van der Waals surface area contributed by atoms with Crippen LogP contribution in [-0.2, 0) is 0 Å². The molecule has 1 aromatic heterocycles. The van der Waals surface area contributed by atoms with Crippen molar-refractivity contribution in [2.24, 2.45) is 0 Å². The second kappa shape index (κ2) is 6.80. The normalized spacial score (nSPS) is 15.9. The van der Waals surface area contributed by atoms with Crippen LogP contribution in [0.25, 0.3) is 0 Å². The molecule has 2 aromatic carbocycles. The van der Waals surface area contributed by atoms with E-state index in [0.29, 0.717) is 32.1 Å². The Labute approximate surface area is 165 Å². The lowest BCUT2D eigenvalue weighted by molar-refractivity contribution is 0.0992. The van der Waals surface area contributed by atoms with Gasteiger partial charge in [0.15, 0.2) is 0 Å². The molecule has 7 heteroatoms. The molecule has 2 heterocycles. The number of aromatic nitrogens is 1. The van der Waals surface area contributed by atoms with Crippen molar-refractivity contribution in [3.8, 4) is 0 Å². The predicted octanol–water partition coefficient (Wildman–Crippen LogP) is 5.81. The van der Waals surface area contributed by atoms with Gasteiger partial charge in [0.05, 0.1) is 15.7 Å². The van der Waals surface area contributed by atoms with E-state index in [1.165, 1.54) is 6.20 Å². The van der Waals surface area contributed by atoms with Crippen molar-refractivity contribution in [3.63, 3.8) is 0 Å². The van der Waals surface area contributed by atoms with Crippen LogP contribution in [0, 0.1) is 0 Å². The fraction of sp³-hybridized carbons (Fsp3) is 0.0526. The highest BCUT2D eigenvalue weighted by Gasteiger charge is 2.38. The molecule has 1 aliphatic rings. The SMILES string of the molecule is O=C1c2ccccc2[C@H](Nc2ccc(Cl)cc2Cl)N1c1ccc(Cl)cn1. The summed E-state index contributed by atoms with van der Waals surface area (Å²) in [5.74, 6) is 0.358. The number of fused-ring (bicyclic) bond motifs is 1. The molecule has 0 spiro atoms. The van der Waals surface area contributed by atoms with Crippen molar-refractivity contribution in [2.75, 3.05) is 10.2 Å². The molecule has 4 nitrogen and oxygen atoms in total. The molecule has 130 valence electrons. The maximum absolute atomic E-state index is 13.0. The van der Waals surface area contributed by atoms with Crippen LogP contribution in [0.5, 0.6) is 0 Å². The smallest absolute Gasteiger partial charge is 0.261 e. The number of pyridine rings is 1. The Morgan fingerprint density at radius 3 is 2.46 bits per heavy atom. The fourth-order valence-electron chi connectivity index (χ4n) is 2.96. The van der Waals surface area contributed by atoms with Gasteiger partial charge in [0.2, 0.25) is 0 Å². The summed E-state index contributed by atoms with van der Waals surface area (Å²) in [5.41, 5.74) is 2.14. The molecule has 0 unspecified atom stereocenters. The number of amides is 1. The molecule has 0 fully saturated rings. The molecule has 1 N–H and O–H groups in total. The molecule has 0 saturated heterocycles. The third kappa shape index (κ3) is 3.01. The summed E-state index contributed by atoms with van der Waals surface area (Å²) in [5, 5.41) is 4.84. The van der Waals surface area contributed by atoms with E-state index in [1.54, 1.807) is 41.3 Å². The molecular formula is C19H12Cl3N3O. The van der Waals surface area contributed by atoms with E-state index in [1.807, 2.05) is 18.2 Å². The van der Waals surface area contributed by atoms with Crippen LogP contribution in [0.1, 0.15) is 22.1 Å². The number of rotatable bonds is 3. The minimum absolute atomic E-state index is 0.141. The number of carbonyl (C=O) groups is 1. The van der Waals surface area contributed by atoms with Gasteiger partial charge in [-0.1, -0.05) is 53.0 Å². The lowest BCUT2D eigenvalue weighted by Crippen LogP contribution is -2.33. The van der Waals surface area contributed by atoms with Gasteiger partial charge < -0.3 is 5.32 Å². The van der Waals surface area contributed by atoms with Crippen LogP contribution in [0.3, 0.4) is 0 Å². The van der Waals surface area contributed by atoms with Crippen LogP contribution in [0.2, 0.25) is 15.1 Å². The number of nitrogens with zero attached hydrogens (tertiary/aromatic N) is 2. The van der Waals surface area contributed by atoms with Crippen molar-refractivity contribution < 1.29 is 4.79 Å². The Morgan fingerprint density at radius 1 is 0.962 bits per heavy atom. The zero-order valence-electron chi connectivity index (χ0n) is 13.3. The first-order chi connectivity index (χ1) is 12.5. The summed E-state index contributed by atoms with van der Waals surface area (Å²) in [6.45, 7) is 0. The van der Waals surface area contributed by atoms with E-state index in [4.69, 9.17) is 34.8 Å². The van der Waals surface area contributed by atoms with Crippen molar-refractivity contribution >= 4 is 52.2 Å².